The van der Waals surface area contributed by atoms with Crippen molar-refractivity contribution in [3.8, 4) is 9.88 Å². The number of thiophene rings is 1. The molecule has 0 saturated carbocycles. The van der Waals surface area contributed by atoms with E-state index in [9.17, 15) is 9.59 Å². The van der Waals surface area contributed by atoms with Crippen LogP contribution in [0, 0.1) is 0 Å². The van der Waals surface area contributed by atoms with Gasteiger partial charge >= 0.3 is 0 Å². The number of rotatable bonds is 5. The van der Waals surface area contributed by atoms with E-state index in [-0.39, 0.29) is 11.8 Å². The van der Waals surface area contributed by atoms with E-state index in [0.29, 0.717) is 21.8 Å². The Balaban J connectivity index is 1.29. The fourth-order valence-corrected chi connectivity index (χ4v) is 5.04. The van der Waals surface area contributed by atoms with Gasteiger partial charge in [-0.3, -0.25) is 14.6 Å². The number of aromatic nitrogens is 2. The Morgan fingerprint density at radius 3 is 2.38 bits per heavy atom. The molecule has 6 nitrogen and oxygen atoms in total. The topological polar surface area (TPSA) is 84.0 Å². The molecule has 5 rings (SSSR count). The number of hydrogen-bond donors (Lipinski definition) is 2. The Morgan fingerprint density at radius 2 is 1.59 bits per heavy atom. The predicted molar refractivity (Wildman–Crippen MR) is 130 cm³/mol. The number of carbonyl (C=O) groups excluding carboxylic acids is 2. The van der Waals surface area contributed by atoms with Crippen molar-refractivity contribution in [1.29, 1.82) is 0 Å². The van der Waals surface area contributed by atoms with Gasteiger partial charge in [-0.15, -0.1) is 22.7 Å². The van der Waals surface area contributed by atoms with E-state index in [1.54, 1.807) is 60.0 Å². The smallest absolute Gasteiger partial charge is 0.265 e. The zero-order valence-electron chi connectivity index (χ0n) is 16.6. The third kappa shape index (κ3) is 4.27. The van der Waals surface area contributed by atoms with Crippen molar-refractivity contribution in [3.63, 3.8) is 0 Å². The Morgan fingerprint density at radius 1 is 0.781 bits per heavy atom. The largest absolute Gasteiger partial charge is 0.322 e. The molecule has 3 aromatic heterocycles. The molecule has 0 saturated heterocycles. The SMILES string of the molecule is O=C(Nc1cccc(NC(=O)c2ccc(-c3nc4ccccc4s3)s2)c1)c1cccnc1. The highest BCUT2D eigenvalue weighted by molar-refractivity contribution is 7.26. The number of carbonyl (C=O) groups is 2. The fraction of sp³-hybridized carbons (Fsp3) is 0. The molecule has 5 aromatic rings. The molecular weight excluding hydrogens is 440 g/mol. The molecule has 0 aliphatic heterocycles. The van der Waals surface area contributed by atoms with Crippen molar-refractivity contribution in [3.05, 3.63) is 95.6 Å². The van der Waals surface area contributed by atoms with Gasteiger partial charge in [0.1, 0.15) is 5.01 Å². The first-order chi connectivity index (χ1) is 15.7. The van der Waals surface area contributed by atoms with Gasteiger partial charge in [-0.2, -0.15) is 0 Å². The van der Waals surface area contributed by atoms with Crippen LogP contribution in [0.15, 0.2) is 85.2 Å². The summed E-state index contributed by atoms with van der Waals surface area (Å²) < 4.78 is 1.12. The number of pyridine rings is 1. The molecule has 0 aliphatic carbocycles. The summed E-state index contributed by atoms with van der Waals surface area (Å²) in [6.07, 6.45) is 3.11. The summed E-state index contributed by atoms with van der Waals surface area (Å²) in [6, 6.07) is 22.1. The third-order valence-electron chi connectivity index (χ3n) is 4.64. The minimum atomic E-state index is -0.264. The van der Waals surface area contributed by atoms with Crippen molar-refractivity contribution in [1.82, 2.24) is 9.97 Å². The van der Waals surface area contributed by atoms with Crippen LogP contribution in [0.3, 0.4) is 0 Å². The minimum absolute atomic E-state index is 0.210. The van der Waals surface area contributed by atoms with Crippen LogP contribution < -0.4 is 10.6 Å². The maximum Gasteiger partial charge on any atom is 0.265 e. The fourth-order valence-electron chi connectivity index (χ4n) is 3.12. The zero-order chi connectivity index (χ0) is 21.9. The summed E-state index contributed by atoms with van der Waals surface area (Å²) in [7, 11) is 0. The molecule has 0 spiro atoms. The van der Waals surface area contributed by atoms with Gasteiger partial charge in [-0.05, 0) is 54.6 Å². The highest BCUT2D eigenvalue weighted by Crippen LogP contribution is 2.34. The molecule has 0 fully saturated rings. The second kappa shape index (κ2) is 8.70. The van der Waals surface area contributed by atoms with Crippen molar-refractivity contribution in [2.45, 2.75) is 0 Å². The van der Waals surface area contributed by atoms with Crippen LogP contribution >= 0.6 is 22.7 Å². The van der Waals surface area contributed by atoms with Gasteiger partial charge in [0.15, 0.2) is 0 Å². The van der Waals surface area contributed by atoms with Crippen LogP contribution in [0.1, 0.15) is 20.0 Å². The molecule has 3 heterocycles. The Bertz CT molecular complexity index is 1390. The molecule has 0 bridgehead atoms. The molecule has 156 valence electrons. The van der Waals surface area contributed by atoms with Gasteiger partial charge < -0.3 is 10.6 Å². The van der Waals surface area contributed by atoms with Gasteiger partial charge in [0.05, 0.1) is 25.5 Å². The number of hydrogen-bond acceptors (Lipinski definition) is 6. The Kier molecular flexibility index (Phi) is 5.45. The van der Waals surface area contributed by atoms with E-state index in [1.165, 1.54) is 17.5 Å². The van der Waals surface area contributed by atoms with Crippen LogP contribution in [0.4, 0.5) is 11.4 Å². The highest BCUT2D eigenvalue weighted by Gasteiger charge is 2.14. The lowest BCUT2D eigenvalue weighted by atomic mass is 10.2. The molecule has 8 heteroatoms. The molecule has 0 unspecified atom stereocenters. The molecule has 0 radical (unpaired) electrons. The third-order valence-corrected chi connectivity index (χ3v) is 6.93. The lowest BCUT2D eigenvalue weighted by Gasteiger charge is -2.08. The average molecular weight is 457 g/mol. The first-order valence-electron chi connectivity index (χ1n) is 9.74. The summed E-state index contributed by atoms with van der Waals surface area (Å²) in [5.41, 5.74) is 2.59. The number of fused-ring (bicyclic) bond motifs is 1. The summed E-state index contributed by atoms with van der Waals surface area (Å²) in [5, 5.41) is 6.61. The maximum absolute atomic E-state index is 12.8. The van der Waals surface area contributed by atoms with Gasteiger partial charge in [0.25, 0.3) is 11.8 Å². The molecule has 0 aliphatic rings. The first kappa shape index (κ1) is 20.0. The molecule has 2 N–H and O–H groups in total. The quantitative estimate of drug-likeness (QED) is 0.344. The van der Waals surface area contributed by atoms with E-state index in [2.05, 4.69) is 20.6 Å². The first-order valence-corrected chi connectivity index (χ1v) is 11.4. The summed E-state index contributed by atoms with van der Waals surface area (Å²) in [4.78, 5) is 35.3. The normalized spacial score (nSPS) is 10.8. The minimum Gasteiger partial charge on any atom is -0.322 e. The van der Waals surface area contributed by atoms with Crippen LogP contribution in [-0.2, 0) is 0 Å². The molecular formula is C24H16N4O2S2. The summed E-state index contributed by atoms with van der Waals surface area (Å²) in [6.45, 7) is 0. The maximum atomic E-state index is 12.8. The van der Waals surface area contributed by atoms with E-state index >= 15 is 0 Å². The van der Waals surface area contributed by atoms with Crippen LogP contribution in [-0.4, -0.2) is 21.8 Å². The molecule has 32 heavy (non-hydrogen) atoms. The monoisotopic (exact) mass is 456 g/mol. The van der Waals surface area contributed by atoms with E-state index < -0.39 is 0 Å². The van der Waals surface area contributed by atoms with Crippen LogP contribution in [0.25, 0.3) is 20.1 Å². The van der Waals surface area contributed by atoms with Gasteiger partial charge in [0.2, 0.25) is 0 Å². The lowest BCUT2D eigenvalue weighted by Crippen LogP contribution is -2.13. The van der Waals surface area contributed by atoms with E-state index in [0.717, 1.165) is 20.1 Å². The molecule has 2 amide bonds. The van der Waals surface area contributed by atoms with E-state index in [1.807, 2.05) is 30.3 Å². The van der Waals surface area contributed by atoms with Gasteiger partial charge in [-0.25, -0.2) is 4.98 Å². The van der Waals surface area contributed by atoms with Gasteiger partial charge in [0, 0.05) is 23.8 Å². The van der Waals surface area contributed by atoms with E-state index in [4.69, 9.17) is 0 Å². The van der Waals surface area contributed by atoms with Crippen LogP contribution in [0.2, 0.25) is 0 Å². The van der Waals surface area contributed by atoms with Crippen molar-refractivity contribution >= 4 is 56.1 Å². The summed E-state index contributed by atoms with van der Waals surface area (Å²) >= 11 is 3.01. The Labute approximate surface area is 191 Å². The highest BCUT2D eigenvalue weighted by atomic mass is 32.1. The van der Waals surface area contributed by atoms with Crippen molar-refractivity contribution in [2.24, 2.45) is 0 Å². The number of thiazole rings is 1. The number of benzene rings is 2. The summed E-state index contributed by atoms with van der Waals surface area (Å²) in [5.74, 6) is -0.474. The standard InChI is InChI=1S/C24H16N4O2S2/c29-22(15-5-4-12-25-14-15)26-16-6-3-7-17(13-16)27-23(30)20-10-11-21(31-20)24-28-18-8-1-2-9-19(18)32-24/h1-14H,(H,26,29)(H,27,30). The predicted octanol–water partition coefficient (Wildman–Crippen LogP) is 5.92. The molecule has 2 aromatic carbocycles. The second-order valence-electron chi connectivity index (χ2n) is 6.88. The van der Waals surface area contributed by atoms with Crippen molar-refractivity contribution in [2.75, 3.05) is 10.6 Å². The number of para-hydroxylation sites is 1. The second-order valence-corrected chi connectivity index (χ2v) is 9.00. The molecule has 0 atom stereocenters. The lowest BCUT2D eigenvalue weighted by molar-refractivity contribution is 0.102. The average Bonchev–Trinajstić information content (AvgIpc) is 3.47. The number of nitrogens with one attached hydrogen (secondary N) is 2. The number of nitrogens with zero attached hydrogens (tertiary/aromatic N) is 2. The van der Waals surface area contributed by atoms with Crippen LogP contribution in [0.5, 0.6) is 0 Å². The Hall–Kier alpha value is -3.88. The van der Waals surface area contributed by atoms with Crippen molar-refractivity contribution < 1.29 is 9.59 Å². The van der Waals surface area contributed by atoms with Gasteiger partial charge in [-0.1, -0.05) is 18.2 Å². The zero-order valence-corrected chi connectivity index (χ0v) is 18.2. The number of anilines is 2. The number of amides is 2.